The molecule has 0 unspecified atom stereocenters. The number of methoxy groups -OCH3 is 2. The quantitative estimate of drug-likeness (QED) is 0.717. The van der Waals surface area contributed by atoms with Gasteiger partial charge in [-0.25, -0.2) is 9.78 Å². The lowest BCUT2D eigenvalue weighted by Crippen LogP contribution is -2.05. The average molecular weight is 364 g/mol. The summed E-state index contributed by atoms with van der Waals surface area (Å²) in [6, 6.07) is 11.3. The van der Waals surface area contributed by atoms with Crippen molar-refractivity contribution in [2.75, 3.05) is 26.1 Å². The predicted octanol–water partition coefficient (Wildman–Crippen LogP) is 3.14. The fraction of sp³-hybridized carbons (Fsp3) is 0.250. The van der Waals surface area contributed by atoms with Gasteiger partial charge in [-0.3, -0.25) is 4.98 Å². The number of carbonyl (C=O) groups is 1. The van der Waals surface area contributed by atoms with Crippen LogP contribution in [0.2, 0.25) is 0 Å². The summed E-state index contributed by atoms with van der Waals surface area (Å²) in [6.45, 7) is 3.56. The number of imidazole rings is 1. The molecule has 2 aromatic heterocycles. The monoisotopic (exact) mass is 364 g/mol. The minimum Gasteiger partial charge on any atom is -0.496 e. The van der Waals surface area contributed by atoms with Crippen molar-refractivity contribution in [2.24, 2.45) is 0 Å². The molecule has 7 nitrogen and oxygen atoms in total. The maximum atomic E-state index is 12.2. The van der Waals surface area contributed by atoms with Crippen LogP contribution in [0.1, 0.15) is 16.1 Å². The highest BCUT2D eigenvalue weighted by atomic mass is 16.5. The van der Waals surface area contributed by atoms with Crippen LogP contribution >= 0.6 is 0 Å². The largest absolute Gasteiger partial charge is 0.496 e. The van der Waals surface area contributed by atoms with Crippen LogP contribution in [-0.2, 0) is 11.3 Å². The van der Waals surface area contributed by atoms with Crippen molar-refractivity contribution in [3.05, 3.63) is 47.7 Å². The second-order valence-corrected chi connectivity index (χ2v) is 6.28. The Morgan fingerprint density at radius 3 is 2.78 bits per heavy atom. The SMILES string of the molecule is COC(=O)c1cc(-c2c(-c3cccc(C)n3)nc3n2CCN3)ccc1OC. The first-order valence-electron chi connectivity index (χ1n) is 8.67. The van der Waals surface area contributed by atoms with Crippen molar-refractivity contribution < 1.29 is 14.3 Å². The maximum Gasteiger partial charge on any atom is 0.341 e. The van der Waals surface area contributed by atoms with Crippen LogP contribution in [-0.4, -0.2) is 41.3 Å². The third kappa shape index (κ3) is 2.91. The Bertz CT molecular complexity index is 1030. The van der Waals surface area contributed by atoms with Gasteiger partial charge in [-0.2, -0.15) is 0 Å². The molecule has 0 aliphatic carbocycles. The summed E-state index contributed by atoms with van der Waals surface area (Å²) in [6.07, 6.45) is 0. The molecule has 1 N–H and O–H groups in total. The summed E-state index contributed by atoms with van der Waals surface area (Å²) in [7, 11) is 2.89. The number of pyridine rings is 1. The number of anilines is 1. The van der Waals surface area contributed by atoms with Crippen molar-refractivity contribution in [1.29, 1.82) is 0 Å². The van der Waals surface area contributed by atoms with Gasteiger partial charge in [0, 0.05) is 24.3 Å². The lowest BCUT2D eigenvalue weighted by molar-refractivity contribution is 0.0597. The number of benzene rings is 1. The number of rotatable bonds is 4. The normalized spacial score (nSPS) is 12.4. The number of hydrogen-bond acceptors (Lipinski definition) is 6. The number of nitrogens with zero attached hydrogens (tertiary/aromatic N) is 3. The molecular formula is C20H20N4O3. The fourth-order valence-electron chi connectivity index (χ4n) is 3.36. The Kier molecular flexibility index (Phi) is 4.27. The van der Waals surface area contributed by atoms with Crippen LogP contribution in [0.3, 0.4) is 0 Å². The Balaban J connectivity index is 1.93. The molecule has 0 spiro atoms. The molecule has 27 heavy (non-hydrogen) atoms. The van der Waals surface area contributed by atoms with Crippen molar-refractivity contribution in [3.63, 3.8) is 0 Å². The minimum atomic E-state index is -0.441. The van der Waals surface area contributed by atoms with Gasteiger partial charge in [-0.1, -0.05) is 6.07 Å². The molecule has 0 bridgehead atoms. The van der Waals surface area contributed by atoms with E-state index >= 15 is 0 Å². The van der Waals surface area contributed by atoms with Gasteiger partial charge >= 0.3 is 5.97 Å². The Labute approximate surface area is 157 Å². The summed E-state index contributed by atoms with van der Waals surface area (Å²) in [5.41, 5.74) is 4.65. The lowest BCUT2D eigenvalue weighted by atomic mass is 10.0. The topological polar surface area (TPSA) is 78.3 Å². The number of aromatic nitrogens is 3. The van der Waals surface area contributed by atoms with Crippen molar-refractivity contribution in [1.82, 2.24) is 14.5 Å². The second kappa shape index (κ2) is 6.75. The van der Waals surface area contributed by atoms with E-state index in [1.54, 1.807) is 12.1 Å². The van der Waals surface area contributed by atoms with E-state index in [0.29, 0.717) is 11.3 Å². The Hall–Kier alpha value is -3.35. The predicted molar refractivity (Wildman–Crippen MR) is 102 cm³/mol. The van der Waals surface area contributed by atoms with E-state index in [2.05, 4.69) is 14.9 Å². The summed E-state index contributed by atoms with van der Waals surface area (Å²) in [4.78, 5) is 21.6. The van der Waals surface area contributed by atoms with Gasteiger partial charge < -0.3 is 19.4 Å². The molecule has 1 aliphatic heterocycles. The van der Waals surface area contributed by atoms with Gasteiger partial charge in [0.1, 0.15) is 17.0 Å². The molecule has 0 atom stereocenters. The van der Waals surface area contributed by atoms with E-state index in [4.69, 9.17) is 14.5 Å². The first-order valence-corrected chi connectivity index (χ1v) is 8.67. The molecule has 4 rings (SSSR count). The number of hydrogen-bond donors (Lipinski definition) is 1. The highest BCUT2D eigenvalue weighted by Gasteiger charge is 2.25. The van der Waals surface area contributed by atoms with E-state index in [-0.39, 0.29) is 0 Å². The van der Waals surface area contributed by atoms with Gasteiger partial charge in [-0.05, 0) is 37.3 Å². The van der Waals surface area contributed by atoms with Crippen LogP contribution in [0.25, 0.3) is 22.6 Å². The maximum absolute atomic E-state index is 12.2. The number of nitrogens with one attached hydrogen (secondary N) is 1. The minimum absolute atomic E-state index is 0.377. The third-order valence-corrected chi connectivity index (χ3v) is 4.60. The second-order valence-electron chi connectivity index (χ2n) is 6.28. The van der Waals surface area contributed by atoms with E-state index in [1.807, 2.05) is 31.2 Å². The number of carbonyl (C=O) groups excluding carboxylic acids is 1. The molecular weight excluding hydrogens is 344 g/mol. The van der Waals surface area contributed by atoms with Crippen molar-refractivity contribution in [2.45, 2.75) is 13.5 Å². The molecule has 3 heterocycles. The fourth-order valence-corrected chi connectivity index (χ4v) is 3.36. The highest BCUT2D eigenvalue weighted by molar-refractivity contribution is 5.95. The zero-order valence-corrected chi connectivity index (χ0v) is 15.4. The van der Waals surface area contributed by atoms with E-state index < -0.39 is 5.97 Å². The molecule has 0 saturated carbocycles. The standard InChI is InChI=1S/C20H20N4O3/c1-12-5-4-6-15(22-12)17-18(24-10-9-21-20(24)23-17)13-7-8-16(26-2)14(11-13)19(25)27-3/h4-8,11H,9-10H2,1-3H3,(H,21,23). The third-order valence-electron chi connectivity index (χ3n) is 4.60. The zero-order valence-electron chi connectivity index (χ0n) is 15.4. The smallest absolute Gasteiger partial charge is 0.341 e. The summed E-state index contributed by atoms with van der Waals surface area (Å²) in [5, 5.41) is 3.29. The molecule has 0 fully saturated rings. The number of ether oxygens (including phenoxy) is 2. The van der Waals surface area contributed by atoms with Crippen LogP contribution < -0.4 is 10.1 Å². The van der Waals surface area contributed by atoms with Crippen LogP contribution in [0.4, 0.5) is 5.95 Å². The van der Waals surface area contributed by atoms with E-state index in [0.717, 1.165) is 47.4 Å². The molecule has 0 radical (unpaired) electrons. The first kappa shape index (κ1) is 17.1. The Morgan fingerprint density at radius 1 is 1.19 bits per heavy atom. The zero-order chi connectivity index (χ0) is 19.0. The van der Waals surface area contributed by atoms with Crippen molar-refractivity contribution in [3.8, 4) is 28.4 Å². The summed E-state index contributed by atoms with van der Waals surface area (Å²) >= 11 is 0. The van der Waals surface area contributed by atoms with Gasteiger partial charge in [0.25, 0.3) is 0 Å². The van der Waals surface area contributed by atoms with E-state index in [1.165, 1.54) is 14.2 Å². The number of esters is 1. The number of fused-ring (bicyclic) bond motifs is 1. The van der Waals surface area contributed by atoms with Crippen LogP contribution in [0.15, 0.2) is 36.4 Å². The summed E-state index contributed by atoms with van der Waals surface area (Å²) in [5.74, 6) is 0.835. The van der Waals surface area contributed by atoms with Crippen molar-refractivity contribution >= 4 is 11.9 Å². The molecule has 0 saturated heterocycles. The first-order chi connectivity index (χ1) is 13.1. The van der Waals surface area contributed by atoms with Crippen LogP contribution in [0, 0.1) is 6.92 Å². The highest BCUT2D eigenvalue weighted by Crippen LogP contribution is 2.37. The van der Waals surface area contributed by atoms with Gasteiger partial charge in [0.2, 0.25) is 5.95 Å². The van der Waals surface area contributed by atoms with Crippen LogP contribution in [0.5, 0.6) is 5.75 Å². The molecule has 7 heteroatoms. The van der Waals surface area contributed by atoms with Gasteiger partial charge in [0.05, 0.1) is 25.6 Å². The molecule has 3 aromatic rings. The number of aryl methyl sites for hydroxylation is 1. The average Bonchev–Trinajstić information content (AvgIpc) is 3.28. The lowest BCUT2D eigenvalue weighted by Gasteiger charge is -2.12. The molecule has 0 amide bonds. The molecule has 1 aliphatic rings. The van der Waals surface area contributed by atoms with E-state index in [9.17, 15) is 4.79 Å². The van der Waals surface area contributed by atoms with Gasteiger partial charge in [0.15, 0.2) is 0 Å². The Morgan fingerprint density at radius 2 is 2.04 bits per heavy atom. The molecule has 138 valence electrons. The summed E-state index contributed by atoms with van der Waals surface area (Å²) < 4.78 is 12.3. The van der Waals surface area contributed by atoms with Gasteiger partial charge in [-0.15, -0.1) is 0 Å². The molecule has 1 aromatic carbocycles.